The maximum Gasteiger partial charge on any atom is 0.132 e. The Labute approximate surface area is 81.3 Å². The van der Waals surface area contributed by atoms with Crippen LogP contribution in [0.4, 0.5) is 0 Å². The maximum absolute atomic E-state index is 11.1. The van der Waals surface area contributed by atoms with E-state index in [1.807, 2.05) is 13.8 Å². The average Bonchev–Trinajstić information content (AvgIpc) is 2.12. The van der Waals surface area contributed by atoms with Crippen molar-refractivity contribution < 1.29 is 9.90 Å². The summed E-state index contributed by atoms with van der Waals surface area (Å²) < 4.78 is 0. The number of carbonyl (C=O) groups is 1. The van der Waals surface area contributed by atoms with Gasteiger partial charge in [-0.2, -0.15) is 0 Å². The van der Waals surface area contributed by atoms with Gasteiger partial charge in [0.25, 0.3) is 0 Å². The van der Waals surface area contributed by atoms with Gasteiger partial charge >= 0.3 is 0 Å². The standard InChI is InChI=1S/C11H22O2/c1-7(6-12)8(2)9(3)10(4)11(5)13/h7-10,12H,6H2,1-5H3. The smallest absolute Gasteiger partial charge is 0.132 e. The summed E-state index contributed by atoms with van der Waals surface area (Å²) in [6, 6.07) is 0. The fourth-order valence-corrected chi connectivity index (χ4v) is 1.51. The van der Waals surface area contributed by atoms with Crippen molar-refractivity contribution in [3.05, 3.63) is 0 Å². The van der Waals surface area contributed by atoms with Crippen LogP contribution in [-0.4, -0.2) is 17.5 Å². The summed E-state index contributed by atoms with van der Waals surface area (Å²) in [5, 5.41) is 8.99. The molecule has 0 aromatic heterocycles. The zero-order valence-corrected chi connectivity index (χ0v) is 9.37. The van der Waals surface area contributed by atoms with E-state index in [2.05, 4.69) is 13.8 Å². The number of hydrogen-bond donors (Lipinski definition) is 1. The minimum absolute atomic E-state index is 0.101. The molecule has 0 aliphatic rings. The van der Waals surface area contributed by atoms with Crippen LogP contribution in [0.3, 0.4) is 0 Å². The number of rotatable bonds is 5. The highest BCUT2D eigenvalue weighted by Gasteiger charge is 2.25. The van der Waals surface area contributed by atoms with Crippen LogP contribution < -0.4 is 0 Å². The lowest BCUT2D eigenvalue weighted by Gasteiger charge is -2.28. The fraction of sp³-hybridized carbons (Fsp3) is 0.909. The second-order valence-electron chi connectivity index (χ2n) is 4.28. The van der Waals surface area contributed by atoms with Crippen molar-refractivity contribution in [2.75, 3.05) is 6.61 Å². The van der Waals surface area contributed by atoms with E-state index in [0.717, 1.165) is 0 Å². The van der Waals surface area contributed by atoms with Crippen molar-refractivity contribution in [1.82, 2.24) is 0 Å². The second-order valence-corrected chi connectivity index (χ2v) is 4.28. The molecular weight excluding hydrogens is 164 g/mol. The molecule has 0 spiro atoms. The van der Waals surface area contributed by atoms with Gasteiger partial charge in [0.05, 0.1) is 0 Å². The van der Waals surface area contributed by atoms with E-state index in [-0.39, 0.29) is 24.2 Å². The minimum Gasteiger partial charge on any atom is -0.396 e. The van der Waals surface area contributed by atoms with Crippen molar-refractivity contribution in [3.8, 4) is 0 Å². The largest absolute Gasteiger partial charge is 0.396 e. The second kappa shape index (κ2) is 5.38. The van der Waals surface area contributed by atoms with Crippen molar-refractivity contribution in [2.45, 2.75) is 34.6 Å². The highest BCUT2D eigenvalue weighted by atomic mass is 16.3. The third kappa shape index (κ3) is 3.47. The van der Waals surface area contributed by atoms with E-state index in [0.29, 0.717) is 11.8 Å². The molecule has 0 aliphatic carbocycles. The van der Waals surface area contributed by atoms with Crippen LogP contribution in [0.5, 0.6) is 0 Å². The van der Waals surface area contributed by atoms with Gasteiger partial charge in [0, 0.05) is 12.5 Å². The molecule has 0 amide bonds. The summed E-state index contributed by atoms with van der Waals surface area (Å²) in [5.74, 6) is 1.36. The first-order valence-electron chi connectivity index (χ1n) is 5.03. The van der Waals surface area contributed by atoms with E-state index in [4.69, 9.17) is 5.11 Å². The minimum atomic E-state index is 0.101. The molecule has 13 heavy (non-hydrogen) atoms. The van der Waals surface area contributed by atoms with Gasteiger partial charge < -0.3 is 5.11 Å². The molecule has 2 heteroatoms. The van der Waals surface area contributed by atoms with Crippen molar-refractivity contribution >= 4 is 5.78 Å². The Hall–Kier alpha value is -0.370. The Kier molecular flexibility index (Phi) is 5.23. The lowest BCUT2D eigenvalue weighted by Crippen LogP contribution is -2.27. The molecule has 0 saturated heterocycles. The van der Waals surface area contributed by atoms with E-state index in [1.54, 1.807) is 6.92 Å². The van der Waals surface area contributed by atoms with Gasteiger partial charge in [0.15, 0.2) is 0 Å². The van der Waals surface area contributed by atoms with Crippen LogP contribution in [-0.2, 0) is 4.79 Å². The first kappa shape index (κ1) is 12.6. The molecule has 0 bridgehead atoms. The number of hydrogen-bond acceptors (Lipinski definition) is 2. The number of carbonyl (C=O) groups excluding carboxylic acids is 1. The highest BCUT2D eigenvalue weighted by molar-refractivity contribution is 5.78. The normalized spacial score (nSPS) is 20.5. The quantitative estimate of drug-likeness (QED) is 0.714. The topological polar surface area (TPSA) is 37.3 Å². The molecule has 4 atom stereocenters. The molecule has 0 fully saturated rings. The van der Waals surface area contributed by atoms with Crippen molar-refractivity contribution in [3.63, 3.8) is 0 Å². The average molecular weight is 186 g/mol. The van der Waals surface area contributed by atoms with Gasteiger partial charge in [-0.1, -0.05) is 27.7 Å². The zero-order chi connectivity index (χ0) is 10.6. The van der Waals surface area contributed by atoms with E-state index >= 15 is 0 Å². The van der Waals surface area contributed by atoms with Crippen LogP contribution in [0.1, 0.15) is 34.6 Å². The number of ketones is 1. The third-order valence-corrected chi connectivity index (χ3v) is 3.44. The predicted octanol–water partition coefficient (Wildman–Crippen LogP) is 2.11. The first-order valence-corrected chi connectivity index (χ1v) is 5.03. The first-order chi connectivity index (χ1) is 5.91. The Balaban J connectivity index is 4.24. The molecule has 2 nitrogen and oxygen atoms in total. The van der Waals surface area contributed by atoms with Crippen LogP contribution in [0.25, 0.3) is 0 Å². The molecule has 0 heterocycles. The molecule has 1 N–H and O–H groups in total. The Bertz CT molecular complexity index is 165. The predicted molar refractivity (Wildman–Crippen MR) is 54.4 cm³/mol. The van der Waals surface area contributed by atoms with Gasteiger partial charge in [-0.25, -0.2) is 0 Å². The lowest BCUT2D eigenvalue weighted by molar-refractivity contribution is -0.122. The van der Waals surface area contributed by atoms with Gasteiger partial charge in [-0.15, -0.1) is 0 Å². The summed E-state index contributed by atoms with van der Waals surface area (Å²) >= 11 is 0. The van der Waals surface area contributed by atoms with Gasteiger partial charge in [0.2, 0.25) is 0 Å². The highest BCUT2D eigenvalue weighted by Crippen LogP contribution is 2.26. The van der Waals surface area contributed by atoms with Gasteiger partial charge in [-0.3, -0.25) is 4.79 Å². The fourth-order valence-electron chi connectivity index (χ4n) is 1.51. The molecule has 0 aromatic rings. The summed E-state index contributed by atoms with van der Waals surface area (Å²) in [6.07, 6.45) is 0. The zero-order valence-electron chi connectivity index (χ0n) is 9.37. The molecule has 0 aromatic carbocycles. The number of aliphatic hydroxyl groups is 1. The number of aliphatic hydroxyl groups excluding tert-OH is 1. The van der Waals surface area contributed by atoms with E-state index in [9.17, 15) is 4.79 Å². The summed E-state index contributed by atoms with van der Waals surface area (Å²) in [7, 11) is 0. The van der Waals surface area contributed by atoms with Crippen LogP contribution in [0.2, 0.25) is 0 Å². The molecular formula is C11H22O2. The number of Topliss-reactive ketones (excluding diaryl/α,β-unsaturated/α-hetero) is 1. The summed E-state index contributed by atoms with van der Waals surface area (Å²) in [5.41, 5.74) is 0. The molecule has 0 rings (SSSR count). The SMILES string of the molecule is CC(=O)C(C)C(C)C(C)C(C)CO. The lowest BCUT2D eigenvalue weighted by atomic mass is 9.77. The van der Waals surface area contributed by atoms with Crippen molar-refractivity contribution in [1.29, 1.82) is 0 Å². The van der Waals surface area contributed by atoms with E-state index in [1.165, 1.54) is 0 Å². The monoisotopic (exact) mass is 186 g/mol. The molecule has 0 aliphatic heterocycles. The maximum atomic E-state index is 11.1. The summed E-state index contributed by atoms with van der Waals surface area (Å²) in [4.78, 5) is 11.1. The third-order valence-electron chi connectivity index (χ3n) is 3.44. The van der Waals surface area contributed by atoms with Gasteiger partial charge in [0.1, 0.15) is 5.78 Å². The van der Waals surface area contributed by atoms with Gasteiger partial charge in [-0.05, 0) is 24.7 Å². The summed E-state index contributed by atoms with van der Waals surface area (Å²) in [6.45, 7) is 10.0. The van der Waals surface area contributed by atoms with Crippen LogP contribution in [0, 0.1) is 23.7 Å². The molecule has 0 saturated carbocycles. The van der Waals surface area contributed by atoms with E-state index < -0.39 is 0 Å². The Morgan fingerprint density at radius 1 is 1.15 bits per heavy atom. The van der Waals surface area contributed by atoms with Crippen molar-refractivity contribution in [2.24, 2.45) is 23.7 Å². The van der Waals surface area contributed by atoms with Crippen LogP contribution >= 0.6 is 0 Å². The Morgan fingerprint density at radius 3 is 1.92 bits per heavy atom. The molecule has 78 valence electrons. The molecule has 0 radical (unpaired) electrons. The Morgan fingerprint density at radius 2 is 1.62 bits per heavy atom. The van der Waals surface area contributed by atoms with Crippen LogP contribution in [0.15, 0.2) is 0 Å². The molecule has 4 unspecified atom stereocenters.